The largest absolute Gasteiger partial charge is 0.383 e. The summed E-state index contributed by atoms with van der Waals surface area (Å²) in [6.45, 7) is 11.4. The molecule has 0 fully saturated rings. The van der Waals surface area contributed by atoms with Crippen LogP contribution in [0.25, 0.3) is 22.3 Å². The Morgan fingerprint density at radius 2 is 1.85 bits per heavy atom. The van der Waals surface area contributed by atoms with Crippen LogP contribution in [0.1, 0.15) is 49.6 Å². The van der Waals surface area contributed by atoms with Crippen LogP contribution in [-0.4, -0.2) is 35.3 Å². The van der Waals surface area contributed by atoms with Crippen LogP contribution in [0.15, 0.2) is 24.4 Å². The first-order chi connectivity index (χ1) is 12.9. The molecule has 3 rings (SSSR count). The van der Waals surface area contributed by atoms with Crippen molar-refractivity contribution in [1.29, 1.82) is 0 Å². The van der Waals surface area contributed by atoms with Crippen molar-refractivity contribution in [2.75, 3.05) is 26.1 Å². The molecule has 0 amide bonds. The zero-order valence-electron chi connectivity index (χ0n) is 17.4. The van der Waals surface area contributed by atoms with Gasteiger partial charge in [-0.1, -0.05) is 13.8 Å². The predicted molar refractivity (Wildman–Crippen MR) is 113 cm³/mol. The summed E-state index contributed by atoms with van der Waals surface area (Å²) in [4.78, 5) is 9.84. The molecule has 0 aliphatic rings. The van der Waals surface area contributed by atoms with E-state index < -0.39 is 0 Å². The van der Waals surface area contributed by atoms with Gasteiger partial charge in [0.1, 0.15) is 5.82 Å². The second-order valence-electron chi connectivity index (χ2n) is 7.58. The first kappa shape index (κ1) is 19.4. The molecule has 1 unspecified atom stereocenters. The van der Waals surface area contributed by atoms with E-state index in [4.69, 9.17) is 14.7 Å². The standard InChI is InChI=1S/C22H30N4O/c1-13(2)18-9-8-17(22(23-6)24-18)20-14(3)10-19-21(25-20)15(4)11-26(19)16(5)12-27-7/h8-11,13,16H,12H2,1-7H3,(H,23,24). The number of nitrogens with zero attached hydrogens (tertiary/aromatic N) is 3. The minimum absolute atomic E-state index is 0.262. The van der Waals surface area contributed by atoms with Gasteiger partial charge >= 0.3 is 0 Å². The third-order valence-electron chi connectivity index (χ3n) is 5.06. The highest BCUT2D eigenvalue weighted by molar-refractivity contribution is 5.86. The zero-order chi connectivity index (χ0) is 19.7. The fourth-order valence-corrected chi connectivity index (χ4v) is 3.56. The highest BCUT2D eigenvalue weighted by atomic mass is 16.5. The van der Waals surface area contributed by atoms with Gasteiger partial charge in [-0.2, -0.15) is 0 Å². The molecular formula is C22H30N4O. The Labute approximate surface area is 161 Å². The van der Waals surface area contributed by atoms with E-state index in [9.17, 15) is 0 Å². The monoisotopic (exact) mass is 366 g/mol. The SMILES string of the molecule is CNc1nc(C(C)C)ccc1-c1nc2c(C)cn(C(C)COC)c2cc1C. The summed E-state index contributed by atoms with van der Waals surface area (Å²) in [7, 11) is 3.65. The van der Waals surface area contributed by atoms with Crippen LogP contribution >= 0.6 is 0 Å². The molecule has 0 spiro atoms. The number of fused-ring (bicyclic) bond motifs is 1. The number of anilines is 1. The van der Waals surface area contributed by atoms with Crippen LogP contribution in [0.3, 0.4) is 0 Å². The number of nitrogens with one attached hydrogen (secondary N) is 1. The lowest BCUT2D eigenvalue weighted by molar-refractivity contribution is 0.164. The number of pyridine rings is 2. The molecule has 27 heavy (non-hydrogen) atoms. The molecular weight excluding hydrogens is 336 g/mol. The highest BCUT2D eigenvalue weighted by Crippen LogP contribution is 2.33. The van der Waals surface area contributed by atoms with Gasteiger partial charge in [0.2, 0.25) is 0 Å². The Morgan fingerprint density at radius 3 is 2.48 bits per heavy atom. The van der Waals surface area contributed by atoms with Crippen LogP contribution < -0.4 is 5.32 Å². The topological polar surface area (TPSA) is 52.0 Å². The van der Waals surface area contributed by atoms with Gasteiger partial charge < -0.3 is 14.6 Å². The summed E-state index contributed by atoms with van der Waals surface area (Å²) in [6.07, 6.45) is 2.17. The van der Waals surface area contributed by atoms with E-state index in [0.717, 1.165) is 39.4 Å². The second-order valence-corrected chi connectivity index (χ2v) is 7.58. The molecule has 1 atom stereocenters. The van der Waals surface area contributed by atoms with Gasteiger partial charge in [-0.25, -0.2) is 9.97 Å². The van der Waals surface area contributed by atoms with Crippen molar-refractivity contribution in [2.24, 2.45) is 0 Å². The third-order valence-corrected chi connectivity index (χ3v) is 5.06. The molecule has 0 aliphatic carbocycles. The molecule has 0 aliphatic heterocycles. The van der Waals surface area contributed by atoms with Gasteiger partial charge in [-0.15, -0.1) is 0 Å². The van der Waals surface area contributed by atoms with E-state index in [0.29, 0.717) is 12.5 Å². The first-order valence-corrected chi connectivity index (χ1v) is 9.54. The number of aromatic nitrogens is 3. The van der Waals surface area contributed by atoms with Crippen molar-refractivity contribution in [1.82, 2.24) is 14.5 Å². The lowest BCUT2D eigenvalue weighted by Gasteiger charge is -2.16. The Hall–Kier alpha value is -2.40. The molecule has 1 N–H and O–H groups in total. The minimum Gasteiger partial charge on any atom is -0.383 e. The highest BCUT2D eigenvalue weighted by Gasteiger charge is 2.17. The Kier molecular flexibility index (Phi) is 5.51. The van der Waals surface area contributed by atoms with Crippen molar-refractivity contribution in [3.05, 3.63) is 41.2 Å². The van der Waals surface area contributed by atoms with E-state index in [1.807, 2.05) is 7.05 Å². The Morgan fingerprint density at radius 1 is 1.11 bits per heavy atom. The number of ether oxygens (including phenoxy) is 1. The van der Waals surface area contributed by atoms with Gasteiger partial charge in [-0.3, -0.25) is 0 Å². The summed E-state index contributed by atoms with van der Waals surface area (Å²) in [5.74, 6) is 1.27. The van der Waals surface area contributed by atoms with Crippen molar-refractivity contribution in [3.8, 4) is 11.3 Å². The summed E-state index contributed by atoms with van der Waals surface area (Å²) in [5.41, 5.74) is 7.60. The molecule has 3 heterocycles. The van der Waals surface area contributed by atoms with Gasteiger partial charge in [0.25, 0.3) is 0 Å². The average Bonchev–Trinajstić information content (AvgIpc) is 2.96. The molecule has 0 saturated carbocycles. The fourth-order valence-electron chi connectivity index (χ4n) is 3.56. The van der Waals surface area contributed by atoms with Crippen LogP contribution in [0.5, 0.6) is 0 Å². The quantitative estimate of drug-likeness (QED) is 0.660. The maximum absolute atomic E-state index is 5.34. The molecule has 3 aromatic heterocycles. The summed E-state index contributed by atoms with van der Waals surface area (Å²) >= 11 is 0. The number of aryl methyl sites for hydroxylation is 2. The van der Waals surface area contributed by atoms with Gasteiger partial charge in [0, 0.05) is 31.6 Å². The van der Waals surface area contributed by atoms with Crippen molar-refractivity contribution in [2.45, 2.75) is 46.6 Å². The number of hydrogen-bond donors (Lipinski definition) is 1. The molecule has 0 aromatic carbocycles. The lowest BCUT2D eigenvalue weighted by atomic mass is 10.0. The van der Waals surface area contributed by atoms with E-state index in [1.165, 1.54) is 5.56 Å². The maximum Gasteiger partial charge on any atom is 0.135 e. The van der Waals surface area contributed by atoms with Crippen LogP contribution in [0.2, 0.25) is 0 Å². The van der Waals surface area contributed by atoms with E-state index in [2.05, 4.69) is 68.9 Å². The summed E-state index contributed by atoms with van der Waals surface area (Å²) in [5, 5.41) is 3.25. The molecule has 3 aromatic rings. The molecule has 0 bridgehead atoms. The second kappa shape index (κ2) is 7.69. The van der Waals surface area contributed by atoms with Crippen LogP contribution in [0, 0.1) is 13.8 Å². The summed E-state index contributed by atoms with van der Waals surface area (Å²) < 4.78 is 7.60. The number of rotatable bonds is 6. The number of hydrogen-bond acceptors (Lipinski definition) is 4. The molecule has 144 valence electrons. The van der Waals surface area contributed by atoms with Gasteiger partial charge in [-0.05, 0) is 56.0 Å². The average molecular weight is 367 g/mol. The normalized spacial score (nSPS) is 12.7. The summed E-state index contributed by atoms with van der Waals surface area (Å²) in [6, 6.07) is 6.73. The van der Waals surface area contributed by atoms with E-state index >= 15 is 0 Å². The van der Waals surface area contributed by atoms with Crippen LogP contribution in [0.4, 0.5) is 5.82 Å². The lowest BCUT2D eigenvalue weighted by Crippen LogP contribution is -2.10. The minimum atomic E-state index is 0.262. The fraction of sp³-hybridized carbons (Fsp3) is 0.455. The maximum atomic E-state index is 5.34. The Balaban J connectivity index is 2.17. The smallest absolute Gasteiger partial charge is 0.135 e. The third kappa shape index (κ3) is 3.56. The van der Waals surface area contributed by atoms with Crippen molar-refractivity contribution in [3.63, 3.8) is 0 Å². The number of methoxy groups -OCH3 is 1. The van der Waals surface area contributed by atoms with Gasteiger partial charge in [0.15, 0.2) is 0 Å². The van der Waals surface area contributed by atoms with E-state index in [1.54, 1.807) is 7.11 Å². The van der Waals surface area contributed by atoms with Crippen molar-refractivity contribution < 1.29 is 4.74 Å². The Bertz CT molecular complexity index is 959. The molecule has 5 heteroatoms. The van der Waals surface area contributed by atoms with Crippen molar-refractivity contribution >= 4 is 16.9 Å². The molecule has 5 nitrogen and oxygen atoms in total. The molecule has 0 saturated heterocycles. The zero-order valence-corrected chi connectivity index (χ0v) is 17.4. The molecule has 0 radical (unpaired) electrons. The predicted octanol–water partition coefficient (Wildman–Crippen LogP) is 5.09. The first-order valence-electron chi connectivity index (χ1n) is 9.54. The van der Waals surface area contributed by atoms with Crippen LogP contribution in [-0.2, 0) is 4.74 Å². The van der Waals surface area contributed by atoms with Gasteiger partial charge in [0.05, 0.1) is 29.4 Å². The van der Waals surface area contributed by atoms with E-state index in [-0.39, 0.29) is 6.04 Å².